The molecular weight excluding hydrogens is 216 g/mol. The average Bonchev–Trinajstić information content (AvgIpc) is 2.29. The van der Waals surface area contributed by atoms with E-state index in [4.69, 9.17) is 5.11 Å². The van der Waals surface area contributed by atoms with Crippen LogP contribution in [0, 0.1) is 0 Å². The van der Waals surface area contributed by atoms with E-state index in [1.165, 1.54) is 38.9 Å². The number of nitrogens with one attached hydrogen (secondary N) is 1. The Hall–Kier alpha value is -0.610. The summed E-state index contributed by atoms with van der Waals surface area (Å²) in [4.78, 5) is 13.0. The predicted octanol–water partition coefficient (Wildman–Crippen LogP) is 1.70. The molecule has 2 N–H and O–H groups in total. The van der Waals surface area contributed by atoms with Gasteiger partial charge in [-0.25, -0.2) is 0 Å². The lowest BCUT2D eigenvalue weighted by Crippen LogP contribution is -2.45. The van der Waals surface area contributed by atoms with Crippen molar-refractivity contribution >= 4 is 5.97 Å². The molecule has 0 spiro atoms. The minimum Gasteiger partial charge on any atom is -0.481 e. The molecule has 0 aromatic rings. The monoisotopic (exact) mass is 242 g/mol. The number of hydrogen-bond acceptors (Lipinski definition) is 3. The van der Waals surface area contributed by atoms with E-state index in [1.807, 2.05) is 0 Å². The second kappa shape index (κ2) is 7.67. The smallest absolute Gasteiger partial charge is 0.303 e. The number of likely N-dealkylation sites (tertiary alicyclic amines) is 1. The van der Waals surface area contributed by atoms with Crippen LogP contribution in [0.5, 0.6) is 0 Å². The molecule has 0 bridgehead atoms. The lowest BCUT2D eigenvalue weighted by atomic mass is 10.0. The quantitative estimate of drug-likeness (QED) is 0.713. The van der Waals surface area contributed by atoms with Crippen LogP contribution in [0.3, 0.4) is 0 Å². The fourth-order valence-corrected chi connectivity index (χ4v) is 2.47. The zero-order valence-corrected chi connectivity index (χ0v) is 11.1. The van der Waals surface area contributed by atoms with Crippen molar-refractivity contribution in [3.05, 3.63) is 0 Å². The van der Waals surface area contributed by atoms with E-state index >= 15 is 0 Å². The van der Waals surface area contributed by atoms with Crippen molar-refractivity contribution in [2.75, 3.05) is 19.6 Å². The molecule has 0 saturated carbocycles. The Morgan fingerprint density at radius 1 is 1.47 bits per heavy atom. The molecule has 17 heavy (non-hydrogen) atoms. The number of carboxylic acid groups (broad SMARTS) is 1. The maximum Gasteiger partial charge on any atom is 0.303 e. The summed E-state index contributed by atoms with van der Waals surface area (Å²) in [6, 6.07) is 0.890. The van der Waals surface area contributed by atoms with Crippen LogP contribution in [0.25, 0.3) is 0 Å². The molecule has 0 radical (unpaired) electrons. The van der Waals surface area contributed by atoms with Crippen molar-refractivity contribution in [2.24, 2.45) is 0 Å². The Balaban J connectivity index is 2.14. The minimum absolute atomic E-state index is 0.267. The number of nitrogens with zero attached hydrogens (tertiary/aromatic N) is 1. The zero-order chi connectivity index (χ0) is 12.7. The van der Waals surface area contributed by atoms with Crippen LogP contribution in [0.15, 0.2) is 0 Å². The van der Waals surface area contributed by atoms with Gasteiger partial charge in [-0.3, -0.25) is 4.79 Å². The van der Waals surface area contributed by atoms with Gasteiger partial charge in [0.25, 0.3) is 0 Å². The van der Waals surface area contributed by atoms with Crippen molar-refractivity contribution in [2.45, 2.75) is 58.0 Å². The van der Waals surface area contributed by atoms with Crippen molar-refractivity contribution in [3.63, 3.8) is 0 Å². The Morgan fingerprint density at radius 3 is 2.65 bits per heavy atom. The highest BCUT2D eigenvalue weighted by molar-refractivity contribution is 5.66. The van der Waals surface area contributed by atoms with E-state index in [0.29, 0.717) is 12.1 Å². The number of hydrogen-bond donors (Lipinski definition) is 2. The average molecular weight is 242 g/mol. The topological polar surface area (TPSA) is 52.6 Å². The Kier molecular flexibility index (Phi) is 6.52. The number of carboxylic acids is 1. The summed E-state index contributed by atoms with van der Waals surface area (Å²) in [5.41, 5.74) is 0. The van der Waals surface area contributed by atoms with E-state index in [-0.39, 0.29) is 6.42 Å². The van der Waals surface area contributed by atoms with Gasteiger partial charge in [0.05, 0.1) is 0 Å². The predicted molar refractivity (Wildman–Crippen MR) is 69.2 cm³/mol. The van der Waals surface area contributed by atoms with Gasteiger partial charge in [-0.15, -0.1) is 0 Å². The lowest BCUT2D eigenvalue weighted by Gasteiger charge is -2.33. The van der Waals surface area contributed by atoms with Crippen LogP contribution in [-0.2, 0) is 4.79 Å². The SMILES string of the molecule is CCCN1CCC(NC(C)CCC(=O)O)CC1. The van der Waals surface area contributed by atoms with Gasteiger partial charge in [-0.2, -0.15) is 0 Å². The molecule has 1 fully saturated rings. The van der Waals surface area contributed by atoms with Gasteiger partial charge in [0, 0.05) is 18.5 Å². The number of carbonyl (C=O) groups is 1. The first-order valence-electron chi connectivity index (χ1n) is 6.82. The lowest BCUT2D eigenvalue weighted by molar-refractivity contribution is -0.137. The summed E-state index contributed by atoms with van der Waals surface area (Å²) in [5.74, 6) is -0.698. The number of rotatable bonds is 7. The third kappa shape index (κ3) is 6.03. The first kappa shape index (κ1) is 14.5. The molecule has 4 heteroatoms. The highest BCUT2D eigenvalue weighted by atomic mass is 16.4. The summed E-state index contributed by atoms with van der Waals surface area (Å²) in [7, 11) is 0. The van der Waals surface area contributed by atoms with Crippen LogP contribution in [0.4, 0.5) is 0 Å². The van der Waals surface area contributed by atoms with Crippen molar-refractivity contribution in [3.8, 4) is 0 Å². The van der Waals surface area contributed by atoms with Gasteiger partial charge >= 0.3 is 5.97 Å². The molecule has 1 unspecified atom stereocenters. The van der Waals surface area contributed by atoms with Crippen molar-refractivity contribution in [1.29, 1.82) is 0 Å². The fraction of sp³-hybridized carbons (Fsp3) is 0.923. The molecule has 1 aliphatic rings. The highest BCUT2D eigenvalue weighted by Gasteiger charge is 2.19. The molecule has 4 nitrogen and oxygen atoms in total. The maximum atomic E-state index is 10.5. The highest BCUT2D eigenvalue weighted by Crippen LogP contribution is 2.12. The van der Waals surface area contributed by atoms with Crippen LogP contribution in [0.2, 0.25) is 0 Å². The van der Waals surface area contributed by atoms with Gasteiger partial charge in [-0.1, -0.05) is 6.92 Å². The largest absolute Gasteiger partial charge is 0.481 e. The fourth-order valence-electron chi connectivity index (χ4n) is 2.47. The summed E-state index contributed by atoms with van der Waals surface area (Å²) >= 11 is 0. The normalized spacial score (nSPS) is 20.4. The first-order chi connectivity index (χ1) is 8.11. The van der Waals surface area contributed by atoms with Crippen LogP contribution >= 0.6 is 0 Å². The Morgan fingerprint density at radius 2 is 2.12 bits per heavy atom. The number of piperidine rings is 1. The first-order valence-corrected chi connectivity index (χ1v) is 6.82. The van der Waals surface area contributed by atoms with E-state index in [1.54, 1.807) is 0 Å². The molecular formula is C13H26N2O2. The van der Waals surface area contributed by atoms with Crippen molar-refractivity contribution in [1.82, 2.24) is 10.2 Å². The molecule has 0 aliphatic carbocycles. The molecule has 1 heterocycles. The van der Waals surface area contributed by atoms with E-state index in [0.717, 1.165) is 6.42 Å². The molecule has 0 amide bonds. The Bertz CT molecular complexity index is 225. The van der Waals surface area contributed by atoms with Gasteiger partial charge in [0.2, 0.25) is 0 Å². The van der Waals surface area contributed by atoms with Gasteiger partial charge < -0.3 is 15.3 Å². The molecule has 0 aromatic heterocycles. The summed E-state index contributed by atoms with van der Waals surface area (Å²) in [6.07, 6.45) is 4.61. The summed E-state index contributed by atoms with van der Waals surface area (Å²) in [5, 5.41) is 12.2. The van der Waals surface area contributed by atoms with E-state index < -0.39 is 5.97 Å². The molecule has 1 rings (SSSR count). The second-order valence-corrected chi connectivity index (χ2v) is 5.12. The van der Waals surface area contributed by atoms with Gasteiger partial charge in [-0.05, 0) is 52.2 Å². The van der Waals surface area contributed by atoms with Gasteiger partial charge in [0.1, 0.15) is 0 Å². The van der Waals surface area contributed by atoms with Crippen LogP contribution in [-0.4, -0.2) is 47.7 Å². The van der Waals surface area contributed by atoms with Crippen LogP contribution < -0.4 is 5.32 Å². The van der Waals surface area contributed by atoms with E-state index in [9.17, 15) is 4.79 Å². The minimum atomic E-state index is -0.698. The molecule has 100 valence electrons. The zero-order valence-electron chi connectivity index (χ0n) is 11.1. The molecule has 1 atom stereocenters. The standard InChI is InChI=1S/C13H26N2O2/c1-3-8-15-9-6-12(7-10-15)14-11(2)4-5-13(16)17/h11-12,14H,3-10H2,1-2H3,(H,16,17). The number of aliphatic carboxylic acids is 1. The third-order valence-electron chi connectivity index (χ3n) is 3.44. The Labute approximate surface area is 104 Å². The molecule has 1 aliphatic heterocycles. The van der Waals surface area contributed by atoms with Crippen LogP contribution in [0.1, 0.15) is 46.0 Å². The molecule has 0 aromatic carbocycles. The van der Waals surface area contributed by atoms with Gasteiger partial charge in [0.15, 0.2) is 0 Å². The summed E-state index contributed by atoms with van der Waals surface area (Å²) < 4.78 is 0. The third-order valence-corrected chi connectivity index (χ3v) is 3.44. The van der Waals surface area contributed by atoms with Crippen molar-refractivity contribution < 1.29 is 9.90 Å². The summed E-state index contributed by atoms with van der Waals surface area (Å²) in [6.45, 7) is 7.87. The second-order valence-electron chi connectivity index (χ2n) is 5.12. The molecule has 1 saturated heterocycles. The van der Waals surface area contributed by atoms with E-state index in [2.05, 4.69) is 24.1 Å². The maximum absolute atomic E-state index is 10.5.